The van der Waals surface area contributed by atoms with E-state index in [1.54, 1.807) is 12.1 Å². The van der Waals surface area contributed by atoms with E-state index in [2.05, 4.69) is 20.5 Å². The summed E-state index contributed by atoms with van der Waals surface area (Å²) in [6.07, 6.45) is 0.708. The normalized spacial score (nSPS) is 17.9. The maximum absolute atomic E-state index is 14.9. The number of aromatic nitrogens is 1. The molecular weight excluding hydrogens is 433 g/mol. The number of pyridine rings is 1. The summed E-state index contributed by atoms with van der Waals surface area (Å²) in [6, 6.07) is 15.2. The van der Waals surface area contributed by atoms with Gasteiger partial charge in [0.05, 0.1) is 13.2 Å². The van der Waals surface area contributed by atoms with Crippen molar-refractivity contribution in [3.05, 3.63) is 65.6 Å². The predicted octanol–water partition coefficient (Wildman–Crippen LogP) is 2.85. The van der Waals surface area contributed by atoms with Crippen LogP contribution in [-0.4, -0.2) is 56.8 Å². The van der Waals surface area contributed by atoms with Gasteiger partial charge in [-0.3, -0.25) is 4.79 Å². The largest absolute Gasteiger partial charge is 0.383 e. The van der Waals surface area contributed by atoms with E-state index < -0.39 is 5.95 Å². The van der Waals surface area contributed by atoms with Crippen LogP contribution in [0.25, 0.3) is 22.3 Å². The number of hydrogen-bond acceptors (Lipinski definition) is 6. The Morgan fingerprint density at radius 1 is 1.09 bits per heavy atom. The second kappa shape index (κ2) is 9.40. The second-order valence-electron chi connectivity index (χ2n) is 8.71. The first-order valence-electron chi connectivity index (χ1n) is 11.5. The summed E-state index contributed by atoms with van der Waals surface area (Å²) >= 11 is 0. The molecule has 2 aliphatic rings. The average molecular weight is 462 g/mol. The molecule has 3 heterocycles. The molecule has 4 N–H and O–H groups in total. The van der Waals surface area contributed by atoms with Gasteiger partial charge in [0.15, 0.2) is 0 Å². The molecule has 8 heteroatoms. The van der Waals surface area contributed by atoms with Crippen LogP contribution in [0.5, 0.6) is 0 Å². The number of nitrogens with zero attached hydrogens (tertiary/aromatic N) is 2. The van der Waals surface area contributed by atoms with Gasteiger partial charge in [0.1, 0.15) is 5.82 Å². The lowest BCUT2D eigenvalue weighted by Crippen LogP contribution is -2.46. The predicted molar refractivity (Wildman–Crippen MR) is 131 cm³/mol. The molecule has 1 amide bonds. The smallest absolute Gasteiger partial charge is 0.251 e. The van der Waals surface area contributed by atoms with Crippen molar-refractivity contribution >= 4 is 17.4 Å². The number of nitrogens with one attached hydrogen (secondary N) is 2. The molecule has 5 rings (SSSR count). The van der Waals surface area contributed by atoms with Crippen molar-refractivity contribution < 1.29 is 13.9 Å². The Morgan fingerprint density at radius 2 is 1.82 bits per heavy atom. The maximum atomic E-state index is 14.9. The van der Waals surface area contributed by atoms with E-state index in [0.717, 1.165) is 35.5 Å². The Hall–Kier alpha value is -3.49. The first-order chi connectivity index (χ1) is 16.5. The van der Waals surface area contributed by atoms with Gasteiger partial charge in [-0.2, -0.15) is 4.39 Å². The summed E-state index contributed by atoms with van der Waals surface area (Å²) < 4.78 is 20.3. The summed E-state index contributed by atoms with van der Waals surface area (Å²) in [5.74, 6) is -0.565. The molecule has 1 saturated heterocycles. The van der Waals surface area contributed by atoms with Crippen LogP contribution in [0.3, 0.4) is 0 Å². The summed E-state index contributed by atoms with van der Waals surface area (Å²) in [5.41, 5.74) is 11.4. The van der Waals surface area contributed by atoms with E-state index in [1.807, 2.05) is 43.4 Å². The highest BCUT2D eigenvalue weighted by Gasteiger charge is 2.24. The molecule has 1 unspecified atom stereocenters. The van der Waals surface area contributed by atoms with Gasteiger partial charge in [0.25, 0.3) is 5.91 Å². The summed E-state index contributed by atoms with van der Waals surface area (Å²) in [6.45, 7) is 3.78. The topological polar surface area (TPSA) is 92.5 Å². The number of benzene rings is 2. The molecule has 34 heavy (non-hydrogen) atoms. The zero-order valence-electron chi connectivity index (χ0n) is 19.1. The highest BCUT2D eigenvalue weighted by atomic mass is 19.1. The minimum atomic E-state index is -0.605. The van der Waals surface area contributed by atoms with E-state index in [0.29, 0.717) is 42.9 Å². The number of rotatable bonds is 5. The molecule has 176 valence electrons. The Balaban J connectivity index is 1.47. The number of ether oxygens (including phenoxy) is 1. The van der Waals surface area contributed by atoms with Crippen molar-refractivity contribution in [3.8, 4) is 22.3 Å². The average Bonchev–Trinajstić information content (AvgIpc) is 2.85. The van der Waals surface area contributed by atoms with Crippen LogP contribution in [0.4, 0.5) is 15.9 Å². The standard InChI is InChI=1S/C26H28FN5O2/c1-29-15-19-13-18-12-17(4-7-21(18)26(33)30-19)23-14-22(24(27)31-25(23)28)16-2-5-20(6-3-16)32-8-10-34-11-9-32/h2-7,12,14,19,29H,8-11,13,15H2,1H3,(H2,28,31)(H,30,33). The van der Waals surface area contributed by atoms with E-state index in [1.165, 1.54) is 0 Å². The number of fused-ring (bicyclic) bond motifs is 1. The SMILES string of the molecule is CNCC1Cc2cc(-c3cc(-c4ccc(N5CCOCC5)cc4)c(F)nc3N)ccc2C(=O)N1. The number of carbonyl (C=O) groups is 1. The number of amides is 1. The number of halogens is 1. The van der Waals surface area contributed by atoms with E-state index in [9.17, 15) is 9.18 Å². The minimum absolute atomic E-state index is 0.0180. The number of likely N-dealkylation sites (N-methyl/N-ethyl adjacent to an activating group) is 1. The molecule has 1 aromatic heterocycles. The zero-order chi connectivity index (χ0) is 23.7. The molecule has 1 atom stereocenters. The Bertz CT molecular complexity index is 1210. The summed E-state index contributed by atoms with van der Waals surface area (Å²) in [4.78, 5) is 18.7. The number of morpholine rings is 1. The molecule has 0 aliphatic carbocycles. The molecule has 2 aromatic carbocycles. The van der Waals surface area contributed by atoms with Crippen molar-refractivity contribution in [2.75, 3.05) is 50.5 Å². The zero-order valence-corrected chi connectivity index (χ0v) is 19.1. The van der Waals surface area contributed by atoms with E-state index in [4.69, 9.17) is 10.5 Å². The highest BCUT2D eigenvalue weighted by molar-refractivity contribution is 5.98. The fraction of sp³-hybridized carbons (Fsp3) is 0.308. The van der Waals surface area contributed by atoms with Crippen LogP contribution >= 0.6 is 0 Å². The Kier molecular flexibility index (Phi) is 6.17. The molecule has 3 aromatic rings. The van der Waals surface area contributed by atoms with Crippen molar-refractivity contribution in [3.63, 3.8) is 0 Å². The van der Waals surface area contributed by atoms with Gasteiger partial charge in [-0.1, -0.05) is 24.3 Å². The molecule has 0 saturated carbocycles. The van der Waals surface area contributed by atoms with Crippen molar-refractivity contribution in [1.29, 1.82) is 0 Å². The number of nitrogen functional groups attached to an aromatic ring is 1. The number of hydrogen-bond donors (Lipinski definition) is 3. The van der Waals surface area contributed by atoms with Gasteiger partial charge in [-0.25, -0.2) is 4.98 Å². The fourth-order valence-electron chi connectivity index (χ4n) is 4.71. The monoisotopic (exact) mass is 461 g/mol. The van der Waals surface area contributed by atoms with Gasteiger partial charge >= 0.3 is 0 Å². The van der Waals surface area contributed by atoms with Crippen molar-refractivity contribution in [2.45, 2.75) is 12.5 Å². The number of carbonyl (C=O) groups excluding carboxylic acids is 1. The molecule has 0 radical (unpaired) electrons. The maximum Gasteiger partial charge on any atom is 0.251 e. The Labute approximate surface area is 198 Å². The molecule has 2 aliphatic heterocycles. The van der Waals surface area contributed by atoms with Gasteiger partial charge in [-0.15, -0.1) is 0 Å². The van der Waals surface area contributed by atoms with Crippen molar-refractivity contribution in [1.82, 2.24) is 15.6 Å². The molecule has 7 nitrogen and oxygen atoms in total. The molecule has 0 bridgehead atoms. The summed E-state index contributed by atoms with van der Waals surface area (Å²) in [5, 5.41) is 6.12. The van der Waals surface area contributed by atoms with Crippen molar-refractivity contribution in [2.24, 2.45) is 0 Å². The van der Waals surface area contributed by atoms with Crippen LogP contribution in [0.1, 0.15) is 15.9 Å². The lowest BCUT2D eigenvalue weighted by molar-refractivity contribution is 0.0925. The molecule has 0 spiro atoms. The van der Waals surface area contributed by atoms with Crippen LogP contribution < -0.4 is 21.3 Å². The van der Waals surface area contributed by atoms with Crippen LogP contribution in [0.2, 0.25) is 0 Å². The number of anilines is 2. The number of nitrogens with two attached hydrogens (primary N) is 1. The van der Waals surface area contributed by atoms with Gasteiger partial charge < -0.3 is 26.0 Å². The third kappa shape index (κ3) is 4.34. The van der Waals surface area contributed by atoms with Gasteiger partial charge in [0, 0.05) is 48.1 Å². The molecule has 1 fully saturated rings. The van der Waals surface area contributed by atoms with Crippen LogP contribution in [-0.2, 0) is 11.2 Å². The summed E-state index contributed by atoms with van der Waals surface area (Å²) in [7, 11) is 1.86. The van der Waals surface area contributed by atoms with E-state index >= 15 is 0 Å². The fourth-order valence-corrected chi connectivity index (χ4v) is 4.71. The minimum Gasteiger partial charge on any atom is -0.383 e. The van der Waals surface area contributed by atoms with Gasteiger partial charge in [0.2, 0.25) is 5.95 Å². The van der Waals surface area contributed by atoms with Crippen LogP contribution in [0, 0.1) is 5.95 Å². The van der Waals surface area contributed by atoms with E-state index in [-0.39, 0.29) is 17.8 Å². The van der Waals surface area contributed by atoms with Crippen LogP contribution in [0.15, 0.2) is 48.5 Å². The van der Waals surface area contributed by atoms with Gasteiger partial charge in [-0.05, 0) is 54.4 Å². The second-order valence-corrected chi connectivity index (χ2v) is 8.71. The first-order valence-corrected chi connectivity index (χ1v) is 11.5. The first kappa shape index (κ1) is 22.3. The lowest BCUT2D eigenvalue weighted by atomic mass is 9.91. The molecular formula is C26H28FN5O2. The lowest BCUT2D eigenvalue weighted by Gasteiger charge is -2.29. The highest BCUT2D eigenvalue weighted by Crippen LogP contribution is 2.34. The quantitative estimate of drug-likeness (QED) is 0.506. The third-order valence-electron chi connectivity index (χ3n) is 6.47. The third-order valence-corrected chi connectivity index (χ3v) is 6.47. The Morgan fingerprint density at radius 3 is 2.56 bits per heavy atom.